The fourth-order valence-corrected chi connectivity index (χ4v) is 5.88. The van der Waals surface area contributed by atoms with Gasteiger partial charge < -0.3 is 18.9 Å². The zero-order valence-corrected chi connectivity index (χ0v) is 26.3. The molecule has 1 aromatic heterocycles. The Hall–Kier alpha value is -3.90. The molecule has 42 heavy (non-hydrogen) atoms. The van der Waals surface area contributed by atoms with E-state index in [9.17, 15) is 9.59 Å². The predicted octanol–water partition coefficient (Wildman–Crippen LogP) is 5.00. The first kappa shape index (κ1) is 29.6. The van der Waals surface area contributed by atoms with Gasteiger partial charge in [-0.05, 0) is 95.6 Å². The summed E-state index contributed by atoms with van der Waals surface area (Å²) >= 11 is 3.53. The van der Waals surface area contributed by atoms with E-state index in [1.54, 1.807) is 12.1 Å². The number of hydrogen-bond acceptors (Lipinski definition) is 8. The smallest absolute Gasteiger partial charge is 0.337 e. The van der Waals surface area contributed by atoms with Gasteiger partial charge in [-0.2, -0.15) is 0 Å². The lowest BCUT2D eigenvalue weighted by atomic mass is 9.97. The van der Waals surface area contributed by atoms with Crippen LogP contribution < -0.4 is 29.1 Å². The van der Waals surface area contributed by atoms with E-state index in [0.29, 0.717) is 46.2 Å². The predicted molar refractivity (Wildman–Crippen MR) is 170 cm³/mol. The number of hydrogen-bond donors (Lipinski definition) is 0. The number of carbonyl (C=O) groups excluding carboxylic acids is 1. The number of benzene rings is 3. The van der Waals surface area contributed by atoms with Crippen LogP contribution in [0.25, 0.3) is 6.08 Å². The van der Waals surface area contributed by atoms with Crippen LogP contribution in [-0.4, -0.2) is 30.9 Å². The molecule has 0 unspecified atom stereocenters. The summed E-state index contributed by atoms with van der Waals surface area (Å²) in [6, 6.07) is 20.4. The van der Waals surface area contributed by atoms with Gasteiger partial charge in [0, 0.05) is 9.77 Å². The van der Waals surface area contributed by atoms with Crippen molar-refractivity contribution in [3.63, 3.8) is 0 Å². The Morgan fingerprint density at radius 2 is 1.69 bits per heavy atom. The Morgan fingerprint density at radius 1 is 0.976 bits per heavy atom. The van der Waals surface area contributed by atoms with E-state index in [1.165, 1.54) is 32.8 Å². The standard InChI is InChI=1S/C32H29IN2O6S/c1-4-39-26-15-10-22(17-27(26)40-5-2)29-25(31(37)38-3)18-34-32-35(29)30(36)28(42-32)16-20-8-13-24(14-9-20)41-19-21-6-11-23(33)12-7-21/h6-18,29H,4-5,19H2,1-3H3/b28-16-/t29-/m1/s1. The summed E-state index contributed by atoms with van der Waals surface area (Å²) in [4.78, 5) is 31.5. The first-order chi connectivity index (χ1) is 20.4. The third kappa shape index (κ3) is 6.44. The van der Waals surface area contributed by atoms with Gasteiger partial charge >= 0.3 is 5.97 Å². The summed E-state index contributed by atoms with van der Waals surface area (Å²) in [7, 11) is 1.31. The van der Waals surface area contributed by atoms with Crippen LogP contribution in [0.15, 0.2) is 88.3 Å². The lowest BCUT2D eigenvalue weighted by molar-refractivity contribution is -0.136. The summed E-state index contributed by atoms with van der Waals surface area (Å²) < 4.78 is 25.7. The fourth-order valence-electron chi connectivity index (χ4n) is 4.55. The van der Waals surface area contributed by atoms with Gasteiger partial charge in [-0.15, -0.1) is 0 Å². The second kappa shape index (κ2) is 13.4. The molecule has 3 aromatic carbocycles. The van der Waals surface area contributed by atoms with Gasteiger partial charge in [-0.25, -0.2) is 9.79 Å². The van der Waals surface area contributed by atoms with Crippen LogP contribution in [0.2, 0.25) is 0 Å². The van der Waals surface area contributed by atoms with Crippen LogP contribution in [-0.2, 0) is 16.1 Å². The molecule has 0 fully saturated rings. The number of carbonyl (C=O) groups is 1. The van der Waals surface area contributed by atoms with Crippen LogP contribution in [0.5, 0.6) is 17.2 Å². The fraction of sp³-hybridized carbons (Fsp3) is 0.219. The zero-order chi connectivity index (χ0) is 29.6. The van der Waals surface area contributed by atoms with Crippen molar-refractivity contribution in [3.8, 4) is 17.2 Å². The Bertz CT molecular complexity index is 1790. The number of rotatable bonds is 10. The summed E-state index contributed by atoms with van der Waals surface area (Å²) in [5.74, 6) is 1.29. The summed E-state index contributed by atoms with van der Waals surface area (Å²) in [5, 5.41) is 0. The van der Waals surface area contributed by atoms with Gasteiger partial charge in [0.15, 0.2) is 16.3 Å². The van der Waals surface area contributed by atoms with E-state index in [0.717, 1.165) is 16.9 Å². The highest BCUT2D eigenvalue weighted by Gasteiger charge is 2.31. The monoisotopic (exact) mass is 696 g/mol. The molecule has 2 heterocycles. The Kier molecular flexibility index (Phi) is 9.43. The zero-order valence-electron chi connectivity index (χ0n) is 23.3. The molecule has 10 heteroatoms. The van der Waals surface area contributed by atoms with E-state index in [2.05, 4.69) is 27.6 Å². The van der Waals surface area contributed by atoms with Crippen molar-refractivity contribution < 1.29 is 23.7 Å². The molecule has 0 bridgehead atoms. The molecule has 0 saturated carbocycles. The molecule has 8 nitrogen and oxygen atoms in total. The lowest BCUT2D eigenvalue weighted by Gasteiger charge is -2.23. The summed E-state index contributed by atoms with van der Waals surface area (Å²) in [6.45, 7) is 5.15. The third-order valence-corrected chi connectivity index (χ3v) is 8.22. The number of fused-ring (bicyclic) bond motifs is 1. The van der Waals surface area contributed by atoms with E-state index < -0.39 is 12.0 Å². The Balaban J connectivity index is 1.48. The molecule has 4 aromatic rings. The lowest BCUT2D eigenvalue weighted by Crippen LogP contribution is -2.39. The van der Waals surface area contributed by atoms with Gasteiger partial charge in [-0.1, -0.05) is 41.7 Å². The molecule has 1 aliphatic heterocycles. The molecule has 0 radical (unpaired) electrons. The molecule has 1 atom stereocenters. The Labute approximate surface area is 260 Å². The van der Waals surface area contributed by atoms with Gasteiger partial charge in [0.05, 0.1) is 36.5 Å². The highest BCUT2D eigenvalue weighted by Crippen LogP contribution is 2.35. The quantitative estimate of drug-likeness (QED) is 0.172. The topological polar surface area (TPSA) is 88.4 Å². The summed E-state index contributed by atoms with van der Waals surface area (Å²) in [5.41, 5.74) is 2.59. The van der Waals surface area contributed by atoms with E-state index in [1.807, 2.05) is 74.5 Å². The number of esters is 1. The molecule has 0 N–H and O–H groups in total. The minimum absolute atomic E-state index is 0.248. The van der Waals surface area contributed by atoms with Crippen LogP contribution >= 0.6 is 33.9 Å². The van der Waals surface area contributed by atoms with Crippen molar-refractivity contribution in [1.82, 2.24) is 4.57 Å². The molecular weight excluding hydrogens is 667 g/mol. The van der Waals surface area contributed by atoms with Crippen molar-refractivity contribution in [2.45, 2.75) is 26.5 Å². The molecule has 0 saturated heterocycles. The number of nitrogens with zero attached hydrogens (tertiary/aromatic N) is 2. The minimum Gasteiger partial charge on any atom is -0.490 e. The second-order valence-electron chi connectivity index (χ2n) is 9.23. The van der Waals surface area contributed by atoms with Crippen LogP contribution in [0.4, 0.5) is 0 Å². The van der Waals surface area contributed by atoms with Crippen molar-refractivity contribution in [1.29, 1.82) is 0 Å². The highest BCUT2D eigenvalue weighted by atomic mass is 127. The second-order valence-corrected chi connectivity index (χ2v) is 11.5. The van der Waals surface area contributed by atoms with Crippen molar-refractivity contribution >= 4 is 46.0 Å². The number of thiazole rings is 1. The maximum Gasteiger partial charge on any atom is 0.337 e. The first-order valence-electron chi connectivity index (χ1n) is 13.4. The van der Waals surface area contributed by atoms with E-state index in [4.69, 9.17) is 18.9 Å². The number of ether oxygens (including phenoxy) is 4. The van der Waals surface area contributed by atoms with Crippen LogP contribution in [0.3, 0.4) is 0 Å². The van der Waals surface area contributed by atoms with Crippen molar-refractivity contribution in [2.24, 2.45) is 4.99 Å². The third-order valence-electron chi connectivity index (χ3n) is 6.50. The molecule has 0 spiro atoms. The summed E-state index contributed by atoms with van der Waals surface area (Å²) in [6.07, 6.45) is 3.29. The van der Waals surface area contributed by atoms with E-state index in [-0.39, 0.29) is 11.1 Å². The SMILES string of the molecule is CCOc1ccc([C@@H]2C(C(=O)OC)=CN=c3s/c(=C\c4ccc(OCc5ccc(I)cc5)cc4)c(=O)n32)cc1OCC. The van der Waals surface area contributed by atoms with Gasteiger partial charge in [-0.3, -0.25) is 9.36 Å². The van der Waals surface area contributed by atoms with Gasteiger partial charge in [0.2, 0.25) is 0 Å². The van der Waals surface area contributed by atoms with Crippen molar-refractivity contribution in [2.75, 3.05) is 20.3 Å². The normalized spacial score (nSPS) is 14.4. The maximum atomic E-state index is 13.8. The molecule has 5 rings (SSSR count). The molecule has 1 aliphatic rings. The van der Waals surface area contributed by atoms with Crippen LogP contribution in [0.1, 0.15) is 36.6 Å². The van der Waals surface area contributed by atoms with Crippen molar-refractivity contribution in [3.05, 3.63) is 118 Å². The van der Waals surface area contributed by atoms with Gasteiger partial charge in [0.1, 0.15) is 12.4 Å². The minimum atomic E-state index is -0.747. The highest BCUT2D eigenvalue weighted by molar-refractivity contribution is 14.1. The molecular formula is C32H29IN2O6S. The van der Waals surface area contributed by atoms with Gasteiger partial charge in [0.25, 0.3) is 5.56 Å². The molecule has 0 aliphatic carbocycles. The number of methoxy groups -OCH3 is 1. The molecule has 0 amide bonds. The largest absolute Gasteiger partial charge is 0.490 e. The van der Waals surface area contributed by atoms with E-state index >= 15 is 0 Å². The molecule has 216 valence electrons. The number of aromatic nitrogens is 1. The first-order valence-corrected chi connectivity index (χ1v) is 15.3. The van der Waals surface area contributed by atoms with Crippen LogP contribution in [0, 0.1) is 3.57 Å². The number of halogens is 1. The maximum absolute atomic E-state index is 13.8. The average Bonchev–Trinajstić information content (AvgIpc) is 3.32. The Morgan fingerprint density at radius 3 is 2.38 bits per heavy atom. The average molecular weight is 697 g/mol.